The molecule has 0 heterocycles. The van der Waals surface area contributed by atoms with Gasteiger partial charge in [-0.3, -0.25) is 0 Å². The summed E-state index contributed by atoms with van der Waals surface area (Å²) >= 11 is 6.25. The van der Waals surface area contributed by atoms with E-state index >= 15 is 0 Å². The van der Waals surface area contributed by atoms with Crippen molar-refractivity contribution in [3.8, 4) is 0 Å². The van der Waals surface area contributed by atoms with Crippen LogP contribution in [-0.2, 0) is 17.3 Å². The summed E-state index contributed by atoms with van der Waals surface area (Å²) in [5, 5.41) is 0.127. The van der Waals surface area contributed by atoms with E-state index in [0.29, 0.717) is 0 Å². The Morgan fingerprint density at radius 1 is 1.36 bits per heavy atom. The Labute approximate surface area is 84.4 Å². The summed E-state index contributed by atoms with van der Waals surface area (Å²) < 4.78 is 12.3. The fourth-order valence-corrected chi connectivity index (χ4v) is 0.743. The third kappa shape index (κ3) is 3.95. The minimum atomic E-state index is -0.399. The van der Waals surface area contributed by atoms with E-state index in [1.165, 1.54) is 12.1 Å². The Morgan fingerprint density at radius 2 is 1.91 bits per heavy atom. The molecule has 4 heteroatoms. The van der Waals surface area contributed by atoms with Crippen molar-refractivity contribution < 1.29 is 21.7 Å². The summed E-state index contributed by atoms with van der Waals surface area (Å²) in [4.78, 5) is 0. The van der Waals surface area contributed by atoms with Crippen LogP contribution in [-0.4, -0.2) is 0 Å². The Hall–Kier alpha value is 0.223. The molecule has 0 aliphatic rings. The average Bonchev–Trinajstić information content (AvgIpc) is 2.02. The number of benzene rings is 1. The first kappa shape index (κ1) is 11.2. The van der Waals surface area contributed by atoms with Crippen LogP contribution in [0.2, 0.25) is 5.02 Å². The van der Waals surface area contributed by atoms with Crippen LogP contribution in [0.1, 0.15) is 5.56 Å². The van der Waals surface area contributed by atoms with Crippen LogP contribution in [0.15, 0.2) is 18.2 Å². The van der Waals surface area contributed by atoms with E-state index in [-0.39, 0.29) is 5.02 Å². The van der Waals surface area contributed by atoms with Gasteiger partial charge in [0.2, 0.25) is 0 Å². The third-order valence-electron chi connectivity index (χ3n) is 0.984. The van der Waals surface area contributed by atoms with Crippen LogP contribution < -0.4 is 0 Å². The fraction of sp³-hybridized carbons (Fsp3) is 0. The molecule has 0 saturated heterocycles. The van der Waals surface area contributed by atoms with Gasteiger partial charge in [-0.05, 0) is 0 Å². The molecule has 11 heavy (non-hydrogen) atoms. The first-order chi connectivity index (χ1) is 5.20. The molecule has 0 nitrogen and oxygen atoms in total. The second kappa shape index (κ2) is 5.82. The summed E-state index contributed by atoms with van der Waals surface area (Å²) in [7, 11) is 4.76. The number of hydrogen-bond acceptors (Lipinski definition) is 0. The number of rotatable bonds is 0. The zero-order chi connectivity index (χ0) is 8.85. The molecule has 0 atom stereocenters. The van der Waals surface area contributed by atoms with Gasteiger partial charge in [0.1, 0.15) is 5.82 Å². The normalized spacial score (nSPS) is 8.45. The molecule has 0 aromatic heterocycles. The molecule has 1 rings (SSSR count). The topological polar surface area (TPSA) is 0 Å². The molecule has 0 radical (unpaired) electrons. The van der Waals surface area contributed by atoms with E-state index in [1.54, 1.807) is 6.07 Å². The predicted molar refractivity (Wildman–Crippen MR) is 41.7 cm³/mol. The Balaban J connectivity index is 0.000000461. The molecule has 0 saturated carbocycles. The Bertz CT molecular complexity index is 228. The summed E-state index contributed by atoms with van der Waals surface area (Å²) in [5.41, 5.74) is 0.724. The quantitative estimate of drug-likeness (QED) is 0.485. The molecular weight excluding hydrogens is 239 g/mol. The zero-order valence-corrected chi connectivity index (χ0v) is 10.3. The monoisotopic (exact) mass is 242 g/mol. The molecule has 1 aromatic rings. The standard InChI is InChI=1S/C7H5ClF.ClH.Zn/c1-5-2-3-7(9)6(8)4-5;;/h2-4H,1H2;1H;/q-1;;+2/p-1. The van der Waals surface area contributed by atoms with Gasteiger partial charge in [-0.25, -0.2) is 4.39 Å². The molecule has 0 bridgehead atoms. The average molecular weight is 244 g/mol. The van der Waals surface area contributed by atoms with Crippen molar-refractivity contribution in [3.05, 3.63) is 41.5 Å². The molecule has 0 amide bonds. The van der Waals surface area contributed by atoms with Crippen LogP contribution in [0.25, 0.3) is 0 Å². The molecule has 56 valence electrons. The van der Waals surface area contributed by atoms with Gasteiger partial charge >= 0.3 is 27.0 Å². The zero-order valence-electron chi connectivity index (χ0n) is 5.78. The van der Waals surface area contributed by atoms with Crippen LogP contribution in [0.3, 0.4) is 0 Å². The van der Waals surface area contributed by atoms with Gasteiger partial charge < -0.3 is 0 Å². The minimum absolute atomic E-state index is 0.127. The van der Waals surface area contributed by atoms with E-state index in [0.717, 1.165) is 22.9 Å². The molecule has 0 aliphatic heterocycles. The third-order valence-corrected chi connectivity index (χ3v) is 1.27. The first-order valence-electron chi connectivity index (χ1n) is 2.74. The van der Waals surface area contributed by atoms with Gasteiger partial charge in [0.05, 0.1) is 0 Å². The Kier molecular flexibility index (Phi) is 5.94. The maximum absolute atomic E-state index is 12.3. The van der Waals surface area contributed by atoms with Crippen LogP contribution in [0, 0.1) is 12.7 Å². The van der Waals surface area contributed by atoms with E-state index < -0.39 is 5.82 Å². The van der Waals surface area contributed by atoms with Gasteiger partial charge in [0.25, 0.3) is 0 Å². The molecule has 0 N–H and O–H groups in total. The van der Waals surface area contributed by atoms with Crippen LogP contribution in [0.5, 0.6) is 0 Å². The van der Waals surface area contributed by atoms with Crippen molar-refractivity contribution in [2.75, 3.05) is 0 Å². The van der Waals surface area contributed by atoms with E-state index in [2.05, 4.69) is 6.92 Å². The van der Waals surface area contributed by atoms with Crippen LogP contribution in [0.4, 0.5) is 4.39 Å². The number of hydrogen-bond donors (Lipinski definition) is 0. The summed E-state index contributed by atoms with van der Waals surface area (Å²) in [6.07, 6.45) is 0. The van der Waals surface area contributed by atoms with E-state index in [1.807, 2.05) is 0 Å². The van der Waals surface area contributed by atoms with Gasteiger partial charge in [0.15, 0.2) is 0 Å². The molecule has 0 spiro atoms. The van der Waals surface area contributed by atoms with Gasteiger partial charge in [-0.1, -0.05) is 17.7 Å². The SMILES string of the molecule is [CH2-]c1ccc(F)c(Cl)c1.[Cl][Zn+]. The van der Waals surface area contributed by atoms with E-state index in [4.69, 9.17) is 21.3 Å². The van der Waals surface area contributed by atoms with E-state index in [9.17, 15) is 4.39 Å². The first-order valence-corrected chi connectivity index (χ1v) is 7.01. The molecule has 0 aliphatic carbocycles. The van der Waals surface area contributed by atoms with Crippen LogP contribution >= 0.6 is 21.3 Å². The van der Waals surface area contributed by atoms with Crippen molar-refractivity contribution in [1.82, 2.24) is 0 Å². The summed E-state index contributed by atoms with van der Waals surface area (Å²) in [6, 6.07) is 4.35. The molecule has 0 fully saturated rings. The maximum atomic E-state index is 12.3. The van der Waals surface area contributed by atoms with Crippen molar-refractivity contribution in [3.63, 3.8) is 0 Å². The molecular formula is C7H5Cl2FZn. The van der Waals surface area contributed by atoms with Crippen molar-refractivity contribution >= 4 is 21.3 Å². The number of halogens is 3. The van der Waals surface area contributed by atoms with Gasteiger partial charge in [0, 0.05) is 5.02 Å². The van der Waals surface area contributed by atoms with Gasteiger partial charge in [-0.2, -0.15) is 18.6 Å². The van der Waals surface area contributed by atoms with Gasteiger partial charge in [-0.15, -0.1) is 6.07 Å². The van der Waals surface area contributed by atoms with Crippen molar-refractivity contribution in [2.45, 2.75) is 0 Å². The van der Waals surface area contributed by atoms with Crippen molar-refractivity contribution in [2.24, 2.45) is 0 Å². The van der Waals surface area contributed by atoms with Crippen molar-refractivity contribution in [1.29, 1.82) is 0 Å². The molecule has 0 unspecified atom stereocenters. The second-order valence-electron chi connectivity index (χ2n) is 1.75. The predicted octanol–water partition coefficient (Wildman–Crippen LogP) is 3.35. The summed E-state index contributed by atoms with van der Waals surface area (Å²) in [5.74, 6) is -0.399. The summed E-state index contributed by atoms with van der Waals surface area (Å²) in [6.45, 7) is 3.57. The molecule has 1 aromatic carbocycles. The fourth-order valence-electron chi connectivity index (χ4n) is 0.540. The second-order valence-corrected chi connectivity index (χ2v) is 2.16. The Morgan fingerprint density at radius 3 is 2.27 bits per heavy atom.